The average Bonchev–Trinajstić information content (AvgIpc) is 3.60. The zero-order valence-electron chi connectivity index (χ0n) is 28.5. The molecular weight excluding hydrogens is 647 g/mol. The molecule has 2 aromatic heterocycles. The third kappa shape index (κ3) is 4.95. The second-order valence-corrected chi connectivity index (χ2v) is 13.6. The molecule has 4 nitrogen and oxygen atoms in total. The monoisotopic (exact) mass is 675 g/mol. The first kappa shape index (κ1) is 29.5. The molecule has 0 saturated heterocycles. The predicted octanol–water partition coefficient (Wildman–Crippen LogP) is 13.1. The number of hydrogen-bond donors (Lipinski definition) is 0. The molecule has 0 unspecified atom stereocenters. The van der Waals surface area contributed by atoms with Crippen molar-refractivity contribution >= 4 is 65.0 Å². The van der Waals surface area contributed by atoms with Crippen molar-refractivity contribution in [2.24, 2.45) is 0 Å². The highest BCUT2D eigenvalue weighted by Crippen LogP contribution is 2.39. The van der Waals surface area contributed by atoms with Crippen LogP contribution in [-0.2, 0) is 0 Å². The Hall–Kier alpha value is -7.17. The van der Waals surface area contributed by atoms with Crippen molar-refractivity contribution in [3.63, 3.8) is 0 Å². The predicted molar refractivity (Wildman–Crippen MR) is 219 cm³/mol. The standard InChI is InChI=1S/C49H29N3O/c1-2-10-35-26-38(24-16-30(35)8-1)48-50-47(51-49(52-48)39-25-21-33-18-17-31-9-5-6-13-40(31)42(33)28-39)34-22-19-32(20-23-34)41-14-7-15-44-46(41)43-27-36-11-3-4-12-37(36)29-45(43)53-44/h1-29H. The molecule has 0 aliphatic carbocycles. The van der Waals surface area contributed by atoms with Gasteiger partial charge in [-0.05, 0) is 84.5 Å². The van der Waals surface area contributed by atoms with Crippen LogP contribution in [0.3, 0.4) is 0 Å². The van der Waals surface area contributed by atoms with Crippen LogP contribution in [0, 0.1) is 0 Å². The summed E-state index contributed by atoms with van der Waals surface area (Å²) in [6, 6.07) is 61.7. The van der Waals surface area contributed by atoms with E-state index in [1.807, 2.05) is 6.07 Å². The molecule has 2 heterocycles. The highest BCUT2D eigenvalue weighted by atomic mass is 16.3. The third-order valence-corrected chi connectivity index (χ3v) is 10.5. The SMILES string of the molecule is c1ccc2cc(-c3nc(-c4ccc(-c5cccc6oc7cc8ccccc8cc7c56)cc4)nc(-c4ccc5ccc6ccccc6c5c4)n3)ccc2c1. The maximum Gasteiger partial charge on any atom is 0.164 e. The summed E-state index contributed by atoms with van der Waals surface area (Å²) in [5, 5.41) is 11.7. The van der Waals surface area contributed by atoms with E-state index in [1.165, 1.54) is 37.7 Å². The summed E-state index contributed by atoms with van der Waals surface area (Å²) in [6.07, 6.45) is 0. The van der Waals surface area contributed by atoms with Crippen LogP contribution >= 0.6 is 0 Å². The zero-order valence-corrected chi connectivity index (χ0v) is 28.5. The van der Waals surface area contributed by atoms with E-state index in [4.69, 9.17) is 19.4 Å². The minimum absolute atomic E-state index is 0.626. The van der Waals surface area contributed by atoms with Gasteiger partial charge in [0.25, 0.3) is 0 Å². The number of rotatable bonds is 4. The van der Waals surface area contributed by atoms with Gasteiger partial charge < -0.3 is 4.42 Å². The van der Waals surface area contributed by atoms with Gasteiger partial charge in [0, 0.05) is 27.5 Å². The molecule has 0 radical (unpaired) electrons. The van der Waals surface area contributed by atoms with Gasteiger partial charge in [0.15, 0.2) is 17.5 Å². The molecule has 0 saturated carbocycles. The average molecular weight is 676 g/mol. The normalized spacial score (nSPS) is 11.8. The number of benzene rings is 9. The molecule has 0 amide bonds. The van der Waals surface area contributed by atoms with E-state index in [9.17, 15) is 0 Å². The first-order chi connectivity index (χ1) is 26.2. The van der Waals surface area contributed by atoms with Crippen molar-refractivity contribution in [1.82, 2.24) is 15.0 Å². The number of aromatic nitrogens is 3. The van der Waals surface area contributed by atoms with Crippen LogP contribution in [0.2, 0.25) is 0 Å². The molecule has 0 fully saturated rings. The van der Waals surface area contributed by atoms with Crippen LogP contribution in [0.1, 0.15) is 0 Å². The second kappa shape index (κ2) is 11.7. The lowest BCUT2D eigenvalue weighted by molar-refractivity contribution is 0.669. The molecule has 9 aromatic carbocycles. The van der Waals surface area contributed by atoms with Gasteiger partial charge in [0.2, 0.25) is 0 Å². The Morgan fingerprint density at radius 3 is 1.58 bits per heavy atom. The lowest BCUT2D eigenvalue weighted by atomic mass is 9.97. The molecule has 11 aromatic rings. The Kier molecular flexibility index (Phi) is 6.52. The molecule has 0 atom stereocenters. The van der Waals surface area contributed by atoms with Crippen molar-refractivity contribution in [1.29, 1.82) is 0 Å². The van der Waals surface area contributed by atoms with E-state index >= 15 is 0 Å². The van der Waals surface area contributed by atoms with Crippen LogP contribution in [0.15, 0.2) is 180 Å². The molecular formula is C49H29N3O. The Bertz CT molecular complexity index is 3230. The van der Waals surface area contributed by atoms with Crippen LogP contribution < -0.4 is 0 Å². The van der Waals surface area contributed by atoms with E-state index < -0.39 is 0 Å². The van der Waals surface area contributed by atoms with E-state index in [-0.39, 0.29) is 0 Å². The van der Waals surface area contributed by atoms with Crippen LogP contribution in [0.25, 0.3) is 110 Å². The summed E-state index contributed by atoms with van der Waals surface area (Å²) >= 11 is 0. The van der Waals surface area contributed by atoms with Crippen LogP contribution in [0.4, 0.5) is 0 Å². The summed E-state index contributed by atoms with van der Waals surface area (Å²) < 4.78 is 6.38. The topological polar surface area (TPSA) is 51.8 Å². The zero-order chi connectivity index (χ0) is 34.9. The van der Waals surface area contributed by atoms with Crippen LogP contribution in [0.5, 0.6) is 0 Å². The van der Waals surface area contributed by atoms with Crippen molar-refractivity contribution in [2.45, 2.75) is 0 Å². The van der Waals surface area contributed by atoms with E-state index in [0.717, 1.165) is 55.1 Å². The fourth-order valence-electron chi connectivity index (χ4n) is 7.78. The molecule has 53 heavy (non-hydrogen) atoms. The van der Waals surface area contributed by atoms with Crippen molar-refractivity contribution in [2.75, 3.05) is 0 Å². The van der Waals surface area contributed by atoms with E-state index in [0.29, 0.717) is 17.5 Å². The Morgan fingerprint density at radius 2 is 0.830 bits per heavy atom. The maximum absolute atomic E-state index is 6.38. The molecule has 4 heteroatoms. The fourth-order valence-corrected chi connectivity index (χ4v) is 7.78. The highest BCUT2D eigenvalue weighted by molar-refractivity contribution is 6.15. The summed E-state index contributed by atoms with van der Waals surface area (Å²) in [7, 11) is 0. The summed E-state index contributed by atoms with van der Waals surface area (Å²) in [5.74, 6) is 1.90. The molecule has 0 aliphatic heterocycles. The van der Waals surface area contributed by atoms with E-state index in [2.05, 4.69) is 170 Å². The van der Waals surface area contributed by atoms with E-state index in [1.54, 1.807) is 0 Å². The largest absolute Gasteiger partial charge is 0.456 e. The number of hydrogen-bond acceptors (Lipinski definition) is 4. The van der Waals surface area contributed by atoms with Gasteiger partial charge in [-0.2, -0.15) is 0 Å². The fraction of sp³-hybridized carbons (Fsp3) is 0. The van der Waals surface area contributed by atoms with Gasteiger partial charge in [-0.25, -0.2) is 15.0 Å². The van der Waals surface area contributed by atoms with Gasteiger partial charge >= 0.3 is 0 Å². The van der Waals surface area contributed by atoms with Gasteiger partial charge in [0.05, 0.1) is 0 Å². The summed E-state index contributed by atoms with van der Waals surface area (Å²) in [6.45, 7) is 0. The number of nitrogens with zero attached hydrogens (tertiary/aromatic N) is 3. The smallest absolute Gasteiger partial charge is 0.164 e. The minimum atomic E-state index is 0.626. The molecule has 11 rings (SSSR count). The third-order valence-electron chi connectivity index (χ3n) is 10.5. The van der Waals surface area contributed by atoms with Gasteiger partial charge in [-0.3, -0.25) is 0 Å². The number of furan rings is 1. The Labute approximate surface area is 304 Å². The first-order valence-electron chi connectivity index (χ1n) is 17.8. The number of fused-ring (bicyclic) bond motifs is 8. The van der Waals surface area contributed by atoms with Gasteiger partial charge in [-0.1, -0.05) is 146 Å². The van der Waals surface area contributed by atoms with Gasteiger partial charge in [0.1, 0.15) is 11.2 Å². The summed E-state index contributed by atoms with van der Waals surface area (Å²) in [5.41, 5.74) is 6.80. The molecule has 0 bridgehead atoms. The van der Waals surface area contributed by atoms with Crippen molar-refractivity contribution in [3.05, 3.63) is 176 Å². The highest BCUT2D eigenvalue weighted by Gasteiger charge is 2.16. The quantitative estimate of drug-likeness (QED) is 0.174. The maximum atomic E-state index is 6.38. The van der Waals surface area contributed by atoms with Gasteiger partial charge in [-0.15, -0.1) is 0 Å². The lowest BCUT2D eigenvalue weighted by Gasteiger charge is -2.11. The molecule has 246 valence electrons. The Morgan fingerprint density at radius 1 is 0.302 bits per heavy atom. The molecule has 0 spiro atoms. The molecule has 0 aliphatic rings. The van der Waals surface area contributed by atoms with Crippen molar-refractivity contribution < 1.29 is 4.42 Å². The minimum Gasteiger partial charge on any atom is -0.456 e. The summed E-state index contributed by atoms with van der Waals surface area (Å²) in [4.78, 5) is 15.3. The lowest BCUT2D eigenvalue weighted by Crippen LogP contribution is -2.00. The van der Waals surface area contributed by atoms with Crippen LogP contribution in [-0.4, -0.2) is 15.0 Å². The molecule has 0 N–H and O–H groups in total. The first-order valence-corrected chi connectivity index (χ1v) is 17.8. The van der Waals surface area contributed by atoms with Crippen molar-refractivity contribution in [3.8, 4) is 45.3 Å². The second-order valence-electron chi connectivity index (χ2n) is 13.6. The Balaban J connectivity index is 1.06.